The fourth-order valence-corrected chi connectivity index (χ4v) is 3.90. The molecule has 0 radical (unpaired) electrons. The lowest BCUT2D eigenvalue weighted by molar-refractivity contribution is 0.0956. The van der Waals surface area contributed by atoms with E-state index in [9.17, 15) is 17.4 Å². The quantitative estimate of drug-likeness (QED) is 0.754. The Bertz CT molecular complexity index is 676. The molecule has 0 aliphatic heterocycles. The average Bonchev–Trinajstić information content (AvgIpc) is 2.39. The number of amides is 1. The molecule has 118 valence electrons. The highest BCUT2D eigenvalue weighted by Gasteiger charge is 2.22. The van der Waals surface area contributed by atoms with Crippen LogP contribution in [0, 0.1) is 0 Å². The van der Waals surface area contributed by atoms with Crippen molar-refractivity contribution in [2.75, 3.05) is 18.1 Å². The van der Waals surface area contributed by atoms with Crippen LogP contribution in [0.5, 0.6) is 0 Å². The van der Waals surface area contributed by atoms with Gasteiger partial charge in [0.15, 0.2) is 0 Å². The fourth-order valence-electron chi connectivity index (χ4n) is 1.42. The summed E-state index contributed by atoms with van der Waals surface area (Å²) in [5, 5.41) is 2.21. The molecule has 1 amide bonds. The number of halogens is 3. The van der Waals surface area contributed by atoms with Gasteiger partial charge in [-0.25, -0.2) is 8.42 Å². The van der Waals surface area contributed by atoms with E-state index in [4.69, 9.17) is 33.9 Å². The zero-order valence-electron chi connectivity index (χ0n) is 10.9. The molecule has 0 aliphatic carbocycles. The standard InChI is InChI=1S/C11H12Cl3NO4S2/c1-2-20(17)4-3-15-11(16)8-5-7(12)6-9(10(8)13)21(14,18)19/h5-6H,2-4H2,1H3,(H,15,16). The largest absolute Gasteiger partial charge is 0.351 e. The van der Waals surface area contributed by atoms with Crippen molar-refractivity contribution >= 4 is 59.6 Å². The van der Waals surface area contributed by atoms with Gasteiger partial charge < -0.3 is 5.32 Å². The Morgan fingerprint density at radius 3 is 2.48 bits per heavy atom. The van der Waals surface area contributed by atoms with Gasteiger partial charge in [-0.15, -0.1) is 0 Å². The van der Waals surface area contributed by atoms with Crippen LogP contribution in [-0.4, -0.2) is 36.6 Å². The van der Waals surface area contributed by atoms with E-state index in [-0.39, 0.29) is 22.2 Å². The van der Waals surface area contributed by atoms with Gasteiger partial charge in [-0.2, -0.15) is 0 Å². The third-order valence-electron chi connectivity index (χ3n) is 2.45. The van der Waals surface area contributed by atoms with Gasteiger partial charge in [0.1, 0.15) is 4.90 Å². The smallest absolute Gasteiger partial charge is 0.262 e. The van der Waals surface area contributed by atoms with Crippen molar-refractivity contribution in [3.63, 3.8) is 0 Å². The zero-order valence-corrected chi connectivity index (χ0v) is 14.8. The molecule has 5 nitrogen and oxygen atoms in total. The normalized spacial score (nSPS) is 13.0. The molecule has 1 unspecified atom stereocenters. The summed E-state index contributed by atoms with van der Waals surface area (Å²) in [6.45, 7) is 1.94. The highest BCUT2D eigenvalue weighted by Crippen LogP contribution is 2.31. The summed E-state index contributed by atoms with van der Waals surface area (Å²) < 4.78 is 34.0. The summed E-state index contributed by atoms with van der Waals surface area (Å²) in [6.07, 6.45) is 0. The second kappa shape index (κ2) is 7.78. The van der Waals surface area contributed by atoms with E-state index >= 15 is 0 Å². The minimum absolute atomic E-state index is 0.0147. The molecule has 0 heterocycles. The van der Waals surface area contributed by atoms with Gasteiger partial charge in [0, 0.05) is 44.6 Å². The molecular weight excluding hydrogens is 381 g/mol. The number of carbonyl (C=O) groups excluding carboxylic acids is 1. The van der Waals surface area contributed by atoms with Crippen molar-refractivity contribution in [3.8, 4) is 0 Å². The number of benzene rings is 1. The van der Waals surface area contributed by atoms with Crippen LogP contribution in [-0.2, 0) is 19.9 Å². The Kier molecular flexibility index (Phi) is 6.93. The lowest BCUT2D eigenvalue weighted by atomic mass is 10.2. The van der Waals surface area contributed by atoms with E-state index < -0.39 is 30.7 Å². The topological polar surface area (TPSA) is 80.3 Å². The Morgan fingerprint density at radius 2 is 1.95 bits per heavy atom. The Morgan fingerprint density at radius 1 is 1.33 bits per heavy atom. The van der Waals surface area contributed by atoms with Crippen LogP contribution in [0.15, 0.2) is 17.0 Å². The maximum atomic E-state index is 12.0. The Labute approximate surface area is 139 Å². The molecule has 0 saturated heterocycles. The van der Waals surface area contributed by atoms with Crippen molar-refractivity contribution in [2.45, 2.75) is 11.8 Å². The highest BCUT2D eigenvalue weighted by molar-refractivity contribution is 8.13. The van der Waals surface area contributed by atoms with Crippen molar-refractivity contribution in [1.29, 1.82) is 0 Å². The SMILES string of the molecule is CCS(=O)CCNC(=O)c1cc(Cl)cc(S(=O)(=O)Cl)c1Cl. The highest BCUT2D eigenvalue weighted by atomic mass is 35.7. The predicted octanol–water partition coefficient (Wildman–Crippen LogP) is 2.42. The van der Waals surface area contributed by atoms with Crippen LogP contribution in [0.1, 0.15) is 17.3 Å². The Balaban J connectivity index is 3.00. The molecule has 0 fully saturated rings. The van der Waals surface area contributed by atoms with E-state index in [1.54, 1.807) is 6.92 Å². The van der Waals surface area contributed by atoms with Crippen LogP contribution in [0.4, 0.5) is 0 Å². The number of hydrogen-bond donors (Lipinski definition) is 1. The fraction of sp³-hybridized carbons (Fsp3) is 0.364. The summed E-state index contributed by atoms with van der Waals surface area (Å²) in [4.78, 5) is 11.5. The first-order valence-electron chi connectivity index (χ1n) is 5.73. The van der Waals surface area contributed by atoms with Gasteiger partial charge >= 0.3 is 0 Å². The summed E-state index contributed by atoms with van der Waals surface area (Å²) in [5.41, 5.74) is -0.106. The predicted molar refractivity (Wildman–Crippen MR) is 85.4 cm³/mol. The molecule has 0 bridgehead atoms. The van der Waals surface area contributed by atoms with Gasteiger partial charge in [0.25, 0.3) is 15.0 Å². The molecule has 1 aromatic carbocycles. The van der Waals surface area contributed by atoms with Gasteiger partial charge in [-0.3, -0.25) is 9.00 Å². The maximum Gasteiger partial charge on any atom is 0.262 e. The molecule has 21 heavy (non-hydrogen) atoms. The zero-order chi connectivity index (χ0) is 16.2. The summed E-state index contributed by atoms with van der Waals surface area (Å²) in [6, 6.07) is 2.30. The number of carbonyl (C=O) groups is 1. The summed E-state index contributed by atoms with van der Waals surface area (Å²) >= 11 is 11.7. The van der Waals surface area contributed by atoms with Crippen LogP contribution in [0.2, 0.25) is 10.0 Å². The molecule has 0 saturated carbocycles. The Hall–Kier alpha value is -0.340. The molecule has 1 atom stereocenters. The van der Waals surface area contributed by atoms with Gasteiger partial charge in [-0.05, 0) is 12.1 Å². The van der Waals surface area contributed by atoms with Gasteiger partial charge in [0.2, 0.25) is 0 Å². The summed E-state index contributed by atoms with van der Waals surface area (Å²) in [5.74, 6) is 0.168. The van der Waals surface area contributed by atoms with Crippen LogP contribution < -0.4 is 5.32 Å². The molecule has 1 N–H and O–H groups in total. The van der Waals surface area contributed by atoms with E-state index in [1.165, 1.54) is 6.07 Å². The van der Waals surface area contributed by atoms with Crippen LogP contribution in [0.3, 0.4) is 0 Å². The van der Waals surface area contributed by atoms with Crippen molar-refractivity contribution < 1.29 is 17.4 Å². The summed E-state index contributed by atoms with van der Waals surface area (Å²) in [7, 11) is 0.0929. The molecule has 0 aromatic heterocycles. The molecular formula is C11H12Cl3NO4S2. The second-order valence-electron chi connectivity index (χ2n) is 3.89. The number of hydrogen-bond acceptors (Lipinski definition) is 4. The average molecular weight is 393 g/mol. The minimum atomic E-state index is -4.12. The number of nitrogens with one attached hydrogen (secondary N) is 1. The lowest BCUT2D eigenvalue weighted by Gasteiger charge is -2.09. The van der Waals surface area contributed by atoms with E-state index in [2.05, 4.69) is 5.32 Å². The third kappa shape index (κ3) is 5.41. The first kappa shape index (κ1) is 18.7. The molecule has 1 aromatic rings. The van der Waals surface area contributed by atoms with E-state index in [0.29, 0.717) is 11.5 Å². The monoisotopic (exact) mass is 391 g/mol. The van der Waals surface area contributed by atoms with Crippen LogP contribution >= 0.6 is 33.9 Å². The molecule has 0 aliphatic rings. The van der Waals surface area contributed by atoms with E-state index in [0.717, 1.165) is 6.07 Å². The molecule has 10 heteroatoms. The number of rotatable bonds is 6. The lowest BCUT2D eigenvalue weighted by Crippen LogP contribution is -2.28. The molecule has 1 rings (SSSR count). The maximum absolute atomic E-state index is 12.0. The first-order chi connectivity index (χ1) is 9.66. The minimum Gasteiger partial charge on any atom is -0.351 e. The van der Waals surface area contributed by atoms with Crippen LogP contribution in [0.25, 0.3) is 0 Å². The van der Waals surface area contributed by atoms with Gasteiger partial charge in [-0.1, -0.05) is 30.1 Å². The third-order valence-corrected chi connectivity index (χ3v) is 5.84. The first-order valence-corrected chi connectivity index (χ1v) is 10.3. The second-order valence-corrected chi connectivity index (χ2v) is 9.11. The van der Waals surface area contributed by atoms with Crippen molar-refractivity contribution in [2.24, 2.45) is 0 Å². The van der Waals surface area contributed by atoms with Crippen molar-refractivity contribution in [3.05, 3.63) is 27.7 Å². The van der Waals surface area contributed by atoms with E-state index in [1.807, 2.05) is 0 Å². The van der Waals surface area contributed by atoms with Crippen molar-refractivity contribution in [1.82, 2.24) is 5.32 Å². The van der Waals surface area contributed by atoms with Gasteiger partial charge in [0.05, 0.1) is 10.6 Å². The molecule has 0 spiro atoms.